The molecule has 3 aromatic heterocycles. The lowest BCUT2D eigenvalue weighted by atomic mass is 9.99. The molecule has 1 fully saturated rings. The zero-order chi connectivity index (χ0) is 19.1. The second kappa shape index (κ2) is 6.73. The van der Waals surface area contributed by atoms with Crippen LogP contribution in [0, 0.1) is 5.92 Å². The number of aliphatic hydroxyl groups excluding tert-OH is 1. The van der Waals surface area contributed by atoms with Gasteiger partial charge in [-0.1, -0.05) is 24.3 Å². The van der Waals surface area contributed by atoms with Gasteiger partial charge in [0.05, 0.1) is 17.1 Å². The van der Waals surface area contributed by atoms with Crippen molar-refractivity contribution in [1.29, 1.82) is 0 Å². The minimum Gasteiger partial charge on any atom is -0.391 e. The lowest BCUT2D eigenvalue weighted by Gasteiger charge is -2.16. The van der Waals surface area contributed by atoms with E-state index in [-0.39, 0.29) is 11.8 Å². The molecule has 0 radical (unpaired) electrons. The van der Waals surface area contributed by atoms with E-state index in [1.165, 1.54) is 0 Å². The Bertz CT molecular complexity index is 1170. The average molecular weight is 372 g/mol. The predicted molar refractivity (Wildman–Crippen MR) is 106 cm³/mol. The van der Waals surface area contributed by atoms with Crippen LogP contribution >= 0.6 is 0 Å². The molecule has 28 heavy (non-hydrogen) atoms. The molecular weight excluding hydrogens is 352 g/mol. The zero-order valence-corrected chi connectivity index (χ0v) is 15.3. The maximum absolute atomic E-state index is 12.9. The maximum Gasteiger partial charge on any atom is 0.254 e. The van der Waals surface area contributed by atoms with Gasteiger partial charge in [0.2, 0.25) is 0 Å². The number of para-hydroxylation sites is 1. The number of hydrogen-bond donors (Lipinski definition) is 1. The number of fused-ring (bicyclic) bond motifs is 2. The van der Waals surface area contributed by atoms with Crippen LogP contribution in [-0.4, -0.2) is 49.7 Å². The monoisotopic (exact) mass is 372 g/mol. The number of aliphatic hydroxyl groups is 1. The standard InChI is InChI=1S/C22H20N4O2/c27-21-14-25(22(28)16-8-10-26-19(12-16)7-9-23-26)13-17(21)11-18-6-5-15-3-1-2-4-20(15)24-18/h1-10,12,17,21,27H,11,13-14H2/t17-,21-/m1/s1. The van der Waals surface area contributed by atoms with Crippen LogP contribution < -0.4 is 0 Å². The molecule has 1 amide bonds. The van der Waals surface area contributed by atoms with Gasteiger partial charge in [-0.05, 0) is 36.8 Å². The second-order valence-corrected chi connectivity index (χ2v) is 7.35. The Balaban J connectivity index is 1.33. The zero-order valence-electron chi connectivity index (χ0n) is 15.3. The summed E-state index contributed by atoms with van der Waals surface area (Å²) in [4.78, 5) is 19.3. The first-order valence-electron chi connectivity index (χ1n) is 9.43. The molecule has 4 aromatic rings. The van der Waals surface area contributed by atoms with Crippen molar-refractivity contribution in [3.63, 3.8) is 0 Å². The highest BCUT2D eigenvalue weighted by Crippen LogP contribution is 2.24. The number of likely N-dealkylation sites (tertiary alicyclic amines) is 1. The normalized spacial score (nSPS) is 19.5. The number of amides is 1. The van der Waals surface area contributed by atoms with Gasteiger partial charge in [0, 0.05) is 48.0 Å². The van der Waals surface area contributed by atoms with Gasteiger partial charge in [-0.15, -0.1) is 0 Å². The third-order valence-corrected chi connectivity index (χ3v) is 5.47. The number of carbonyl (C=O) groups is 1. The lowest BCUT2D eigenvalue weighted by Crippen LogP contribution is -2.29. The van der Waals surface area contributed by atoms with Gasteiger partial charge < -0.3 is 10.0 Å². The van der Waals surface area contributed by atoms with E-state index in [9.17, 15) is 9.90 Å². The van der Waals surface area contributed by atoms with E-state index >= 15 is 0 Å². The molecule has 1 aromatic carbocycles. The van der Waals surface area contributed by atoms with Gasteiger partial charge in [0.15, 0.2) is 0 Å². The first-order valence-corrected chi connectivity index (χ1v) is 9.43. The summed E-state index contributed by atoms with van der Waals surface area (Å²) in [5, 5.41) is 15.8. The van der Waals surface area contributed by atoms with Crippen LogP contribution in [0.1, 0.15) is 16.1 Å². The van der Waals surface area contributed by atoms with Crippen molar-refractivity contribution in [3.8, 4) is 0 Å². The fourth-order valence-electron chi connectivity index (χ4n) is 3.95. The Morgan fingerprint density at radius 1 is 1.11 bits per heavy atom. The quantitative estimate of drug-likeness (QED) is 0.600. The summed E-state index contributed by atoms with van der Waals surface area (Å²) < 4.78 is 1.73. The predicted octanol–water partition coefficient (Wildman–Crippen LogP) is 2.56. The Morgan fingerprint density at radius 2 is 2.00 bits per heavy atom. The summed E-state index contributed by atoms with van der Waals surface area (Å²) in [5.41, 5.74) is 3.39. The fraction of sp³-hybridized carbons (Fsp3) is 0.227. The third-order valence-electron chi connectivity index (χ3n) is 5.47. The molecule has 0 saturated carbocycles. The summed E-state index contributed by atoms with van der Waals surface area (Å²) in [6.07, 6.45) is 3.59. The molecule has 1 aliphatic heterocycles. The Morgan fingerprint density at radius 3 is 2.93 bits per heavy atom. The van der Waals surface area contributed by atoms with Crippen molar-refractivity contribution < 1.29 is 9.90 Å². The maximum atomic E-state index is 12.9. The molecule has 140 valence electrons. The molecule has 4 heterocycles. The van der Waals surface area contributed by atoms with Gasteiger partial charge in [-0.25, -0.2) is 4.52 Å². The fourth-order valence-corrected chi connectivity index (χ4v) is 3.95. The minimum absolute atomic E-state index is 0.0173. The van der Waals surface area contributed by atoms with Crippen molar-refractivity contribution in [1.82, 2.24) is 19.5 Å². The molecule has 1 N–H and O–H groups in total. The number of benzene rings is 1. The summed E-state index contributed by atoms with van der Waals surface area (Å²) in [6.45, 7) is 0.875. The van der Waals surface area contributed by atoms with Gasteiger partial charge in [0.25, 0.3) is 5.91 Å². The molecule has 0 bridgehead atoms. The van der Waals surface area contributed by atoms with Crippen molar-refractivity contribution in [2.24, 2.45) is 5.92 Å². The van der Waals surface area contributed by atoms with Gasteiger partial charge >= 0.3 is 0 Å². The van der Waals surface area contributed by atoms with Crippen LogP contribution in [0.5, 0.6) is 0 Å². The van der Waals surface area contributed by atoms with Crippen molar-refractivity contribution in [2.75, 3.05) is 13.1 Å². The van der Waals surface area contributed by atoms with Gasteiger partial charge in [-0.3, -0.25) is 9.78 Å². The van der Waals surface area contributed by atoms with Crippen LogP contribution in [0.3, 0.4) is 0 Å². The first-order chi connectivity index (χ1) is 13.7. The molecule has 6 nitrogen and oxygen atoms in total. The molecule has 0 unspecified atom stereocenters. The number of carbonyl (C=O) groups excluding carboxylic acids is 1. The number of hydrogen-bond acceptors (Lipinski definition) is 4. The first kappa shape index (κ1) is 16.9. The minimum atomic E-state index is -0.545. The highest BCUT2D eigenvalue weighted by molar-refractivity contribution is 5.95. The molecule has 0 spiro atoms. The number of aromatic nitrogens is 3. The van der Waals surface area contributed by atoms with Gasteiger partial charge in [0.1, 0.15) is 0 Å². The van der Waals surface area contributed by atoms with E-state index < -0.39 is 6.10 Å². The summed E-state index contributed by atoms with van der Waals surface area (Å²) in [5.74, 6) is -0.0759. The highest BCUT2D eigenvalue weighted by Gasteiger charge is 2.34. The number of β-amino-alcohol motifs (C(OH)–C–C–N with tert-alkyl or cyclic N) is 1. The molecule has 1 saturated heterocycles. The largest absolute Gasteiger partial charge is 0.391 e. The Labute approximate surface area is 162 Å². The van der Waals surface area contributed by atoms with Crippen molar-refractivity contribution in [2.45, 2.75) is 12.5 Å². The average Bonchev–Trinajstić information content (AvgIpc) is 3.33. The lowest BCUT2D eigenvalue weighted by molar-refractivity contribution is 0.0764. The number of rotatable bonds is 3. The van der Waals surface area contributed by atoms with Crippen LogP contribution in [0.25, 0.3) is 16.4 Å². The van der Waals surface area contributed by atoms with E-state index in [2.05, 4.69) is 11.2 Å². The molecule has 0 aliphatic carbocycles. The van der Waals surface area contributed by atoms with Gasteiger partial charge in [-0.2, -0.15) is 5.10 Å². The van der Waals surface area contributed by atoms with Crippen LogP contribution in [0.4, 0.5) is 0 Å². The Hall–Kier alpha value is -3.25. The second-order valence-electron chi connectivity index (χ2n) is 7.35. The third kappa shape index (κ3) is 3.01. The van der Waals surface area contributed by atoms with E-state index in [4.69, 9.17) is 4.98 Å². The topological polar surface area (TPSA) is 70.7 Å². The number of nitrogens with zero attached hydrogens (tertiary/aromatic N) is 4. The Kier molecular flexibility index (Phi) is 4.06. The molecule has 6 heteroatoms. The molecule has 5 rings (SSSR count). The van der Waals surface area contributed by atoms with E-state index in [1.807, 2.05) is 42.5 Å². The smallest absolute Gasteiger partial charge is 0.254 e. The van der Waals surface area contributed by atoms with Crippen LogP contribution in [-0.2, 0) is 6.42 Å². The molecule has 2 atom stereocenters. The van der Waals surface area contributed by atoms with E-state index in [1.54, 1.807) is 27.9 Å². The summed E-state index contributed by atoms with van der Waals surface area (Å²) in [7, 11) is 0. The summed E-state index contributed by atoms with van der Waals surface area (Å²) >= 11 is 0. The van der Waals surface area contributed by atoms with Crippen molar-refractivity contribution in [3.05, 3.63) is 78.2 Å². The highest BCUT2D eigenvalue weighted by atomic mass is 16.3. The SMILES string of the molecule is O=C(c1ccn2nccc2c1)N1C[C@@H](Cc2ccc3ccccc3n2)[C@H](O)C1. The van der Waals surface area contributed by atoms with Crippen LogP contribution in [0.2, 0.25) is 0 Å². The van der Waals surface area contributed by atoms with E-state index in [0.717, 1.165) is 22.1 Å². The molecular formula is C22H20N4O2. The van der Waals surface area contributed by atoms with E-state index in [0.29, 0.717) is 25.1 Å². The molecule has 1 aliphatic rings. The van der Waals surface area contributed by atoms with Crippen molar-refractivity contribution >= 4 is 22.3 Å². The summed E-state index contributed by atoms with van der Waals surface area (Å²) in [6, 6.07) is 17.5. The van der Waals surface area contributed by atoms with Crippen LogP contribution in [0.15, 0.2) is 67.0 Å². The number of pyridine rings is 2.